The summed E-state index contributed by atoms with van der Waals surface area (Å²) in [5, 5.41) is 3.20. The first-order valence-electron chi connectivity index (χ1n) is 8.29. The van der Waals surface area contributed by atoms with Crippen molar-refractivity contribution in [2.24, 2.45) is 5.92 Å². The highest BCUT2D eigenvalue weighted by Gasteiger charge is 2.33. The zero-order valence-corrected chi connectivity index (χ0v) is 14.9. The minimum Gasteiger partial charge on any atom is -0.345 e. The van der Waals surface area contributed by atoms with Crippen molar-refractivity contribution in [1.29, 1.82) is 0 Å². The van der Waals surface area contributed by atoms with E-state index >= 15 is 0 Å². The first kappa shape index (κ1) is 16.9. The molecule has 0 radical (unpaired) electrons. The summed E-state index contributed by atoms with van der Waals surface area (Å²) < 4.78 is 11.4. The molecular formula is C20H23NO2S. The van der Waals surface area contributed by atoms with E-state index in [0.717, 1.165) is 18.4 Å². The van der Waals surface area contributed by atoms with Crippen LogP contribution in [0.25, 0.3) is 0 Å². The van der Waals surface area contributed by atoms with Gasteiger partial charge < -0.3 is 5.32 Å². The number of aryl methyl sites for hydroxylation is 1. The van der Waals surface area contributed by atoms with Gasteiger partial charge in [0.05, 0.1) is 6.04 Å². The SMILES string of the molecule is Cc1ccc(C(NC(=O)c2cccc(CS(C)=O)c2)C2CC2)cc1. The Labute approximate surface area is 145 Å². The smallest absolute Gasteiger partial charge is 0.251 e. The lowest BCUT2D eigenvalue weighted by Gasteiger charge is -2.19. The number of benzene rings is 2. The number of nitrogens with one attached hydrogen (secondary N) is 1. The number of amides is 1. The lowest BCUT2D eigenvalue weighted by atomic mass is 10.0. The summed E-state index contributed by atoms with van der Waals surface area (Å²) in [6.07, 6.45) is 3.99. The Morgan fingerprint density at radius 2 is 1.92 bits per heavy atom. The van der Waals surface area contributed by atoms with Crippen LogP contribution in [0.4, 0.5) is 0 Å². The van der Waals surface area contributed by atoms with Crippen molar-refractivity contribution in [1.82, 2.24) is 5.32 Å². The Kier molecular flexibility index (Phi) is 5.14. The summed E-state index contributed by atoms with van der Waals surface area (Å²) in [6.45, 7) is 2.07. The van der Waals surface area contributed by atoms with E-state index in [1.165, 1.54) is 11.1 Å². The molecule has 1 N–H and O–H groups in total. The Balaban J connectivity index is 1.76. The molecule has 1 aliphatic rings. The standard InChI is InChI=1S/C20H23NO2S/c1-14-6-8-16(9-7-14)19(17-10-11-17)21-20(22)18-5-3-4-15(12-18)13-24(2)23/h3-9,12,17,19H,10-11,13H2,1-2H3,(H,21,22). The van der Waals surface area contributed by atoms with Gasteiger partial charge in [0, 0.05) is 28.4 Å². The Morgan fingerprint density at radius 1 is 1.21 bits per heavy atom. The predicted octanol–water partition coefficient (Wildman–Crippen LogP) is 3.75. The fraction of sp³-hybridized carbons (Fsp3) is 0.350. The maximum Gasteiger partial charge on any atom is 0.251 e. The average molecular weight is 341 g/mol. The second-order valence-corrected chi connectivity index (χ2v) is 8.05. The Bertz CT molecular complexity index is 750. The molecule has 3 rings (SSSR count). The van der Waals surface area contributed by atoms with E-state index in [4.69, 9.17) is 0 Å². The van der Waals surface area contributed by atoms with Crippen molar-refractivity contribution in [3.05, 3.63) is 70.8 Å². The van der Waals surface area contributed by atoms with Crippen LogP contribution in [0.3, 0.4) is 0 Å². The third-order valence-electron chi connectivity index (χ3n) is 4.38. The molecule has 1 aliphatic carbocycles. The van der Waals surface area contributed by atoms with E-state index in [1.807, 2.05) is 24.3 Å². The molecule has 3 nitrogen and oxygen atoms in total. The maximum atomic E-state index is 12.7. The quantitative estimate of drug-likeness (QED) is 0.870. The van der Waals surface area contributed by atoms with E-state index in [0.29, 0.717) is 17.2 Å². The molecule has 2 aromatic rings. The van der Waals surface area contributed by atoms with Gasteiger partial charge in [0.1, 0.15) is 0 Å². The third kappa shape index (κ3) is 4.32. The zero-order chi connectivity index (χ0) is 17.1. The van der Waals surface area contributed by atoms with Gasteiger partial charge in [0.2, 0.25) is 0 Å². The van der Waals surface area contributed by atoms with Crippen LogP contribution in [0, 0.1) is 12.8 Å². The molecule has 126 valence electrons. The summed E-state index contributed by atoms with van der Waals surface area (Å²) >= 11 is 0. The number of rotatable bonds is 6. The van der Waals surface area contributed by atoms with E-state index in [1.54, 1.807) is 6.26 Å². The second kappa shape index (κ2) is 7.31. The third-order valence-corrected chi connectivity index (χ3v) is 5.12. The lowest BCUT2D eigenvalue weighted by Crippen LogP contribution is -2.30. The van der Waals surface area contributed by atoms with Gasteiger partial charge in [-0.1, -0.05) is 42.0 Å². The van der Waals surface area contributed by atoms with Crippen molar-refractivity contribution in [2.45, 2.75) is 31.6 Å². The Hall–Kier alpha value is -1.94. The van der Waals surface area contributed by atoms with Crippen molar-refractivity contribution in [3.63, 3.8) is 0 Å². The van der Waals surface area contributed by atoms with Gasteiger partial charge >= 0.3 is 0 Å². The van der Waals surface area contributed by atoms with Gasteiger partial charge in [-0.3, -0.25) is 9.00 Å². The Morgan fingerprint density at radius 3 is 2.54 bits per heavy atom. The molecule has 1 amide bonds. The first-order valence-corrected chi connectivity index (χ1v) is 10.0. The molecular weight excluding hydrogens is 318 g/mol. The average Bonchev–Trinajstić information content (AvgIpc) is 3.38. The summed E-state index contributed by atoms with van der Waals surface area (Å²) in [5.74, 6) is 0.949. The minimum atomic E-state index is -0.910. The van der Waals surface area contributed by atoms with E-state index < -0.39 is 10.8 Å². The second-order valence-electron chi connectivity index (χ2n) is 6.62. The highest BCUT2D eigenvalue weighted by Crippen LogP contribution is 2.41. The highest BCUT2D eigenvalue weighted by atomic mass is 32.2. The monoisotopic (exact) mass is 341 g/mol. The van der Waals surface area contributed by atoms with Crippen molar-refractivity contribution < 1.29 is 9.00 Å². The highest BCUT2D eigenvalue weighted by molar-refractivity contribution is 7.83. The molecule has 1 fully saturated rings. The summed E-state index contributed by atoms with van der Waals surface area (Å²) in [7, 11) is -0.910. The number of hydrogen-bond donors (Lipinski definition) is 1. The zero-order valence-electron chi connectivity index (χ0n) is 14.1. The summed E-state index contributed by atoms with van der Waals surface area (Å²) in [6, 6.07) is 15.9. The lowest BCUT2D eigenvalue weighted by molar-refractivity contribution is 0.0931. The van der Waals surface area contributed by atoms with E-state index in [-0.39, 0.29) is 11.9 Å². The van der Waals surface area contributed by atoms with Crippen LogP contribution in [0.1, 0.15) is 45.9 Å². The van der Waals surface area contributed by atoms with Crippen LogP contribution in [-0.4, -0.2) is 16.4 Å². The molecule has 1 saturated carbocycles. The van der Waals surface area contributed by atoms with Crippen LogP contribution in [0.5, 0.6) is 0 Å². The van der Waals surface area contributed by atoms with Crippen molar-refractivity contribution in [2.75, 3.05) is 6.26 Å². The van der Waals surface area contributed by atoms with Gasteiger partial charge in [-0.15, -0.1) is 0 Å². The van der Waals surface area contributed by atoms with Gasteiger partial charge in [-0.2, -0.15) is 0 Å². The van der Waals surface area contributed by atoms with E-state index in [9.17, 15) is 9.00 Å². The topological polar surface area (TPSA) is 46.2 Å². The van der Waals surface area contributed by atoms with Crippen LogP contribution in [0.2, 0.25) is 0 Å². The minimum absolute atomic E-state index is 0.0591. The van der Waals surface area contributed by atoms with Crippen molar-refractivity contribution in [3.8, 4) is 0 Å². The molecule has 2 aromatic carbocycles. The van der Waals surface area contributed by atoms with Gasteiger partial charge in [0.25, 0.3) is 5.91 Å². The van der Waals surface area contributed by atoms with Crippen molar-refractivity contribution >= 4 is 16.7 Å². The predicted molar refractivity (Wildman–Crippen MR) is 98.3 cm³/mol. The first-order chi connectivity index (χ1) is 11.5. The molecule has 0 spiro atoms. The molecule has 0 heterocycles. The summed E-state index contributed by atoms with van der Waals surface area (Å²) in [4.78, 5) is 12.7. The molecule has 0 aromatic heterocycles. The van der Waals surface area contributed by atoms with Gasteiger partial charge in [0.15, 0.2) is 0 Å². The number of hydrogen-bond acceptors (Lipinski definition) is 2. The van der Waals surface area contributed by atoms with Gasteiger partial charge in [-0.05, 0) is 48.9 Å². The van der Waals surface area contributed by atoms with Crippen LogP contribution >= 0.6 is 0 Å². The molecule has 2 atom stereocenters. The number of carbonyl (C=O) groups is 1. The fourth-order valence-corrected chi connectivity index (χ4v) is 3.59. The van der Waals surface area contributed by atoms with Gasteiger partial charge in [-0.25, -0.2) is 0 Å². The van der Waals surface area contributed by atoms with Crippen LogP contribution < -0.4 is 5.32 Å². The molecule has 2 unspecified atom stereocenters. The molecule has 24 heavy (non-hydrogen) atoms. The maximum absolute atomic E-state index is 12.7. The number of carbonyl (C=O) groups excluding carboxylic acids is 1. The summed E-state index contributed by atoms with van der Waals surface area (Å²) in [5.41, 5.74) is 3.96. The molecule has 0 aliphatic heterocycles. The van der Waals surface area contributed by atoms with Crippen LogP contribution in [0.15, 0.2) is 48.5 Å². The normalized spacial score (nSPS) is 16.4. The molecule has 4 heteroatoms. The van der Waals surface area contributed by atoms with Crippen LogP contribution in [-0.2, 0) is 16.6 Å². The molecule has 0 saturated heterocycles. The van der Waals surface area contributed by atoms with E-state index in [2.05, 4.69) is 36.5 Å². The fourth-order valence-electron chi connectivity index (χ4n) is 2.94. The molecule has 0 bridgehead atoms. The largest absolute Gasteiger partial charge is 0.345 e.